The molecule has 0 saturated heterocycles. The van der Waals surface area contributed by atoms with E-state index in [4.69, 9.17) is 23.2 Å². The van der Waals surface area contributed by atoms with Crippen molar-refractivity contribution in [3.63, 3.8) is 0 Å². The van der Waals surface area contributed by atoms with Crippen LogP contribution in [0.15, 0.2) is 87.4 Å². The molecule has 0 saturated carbocycles. The van der Waals surface area contributed by atoms with Crippen LogP contribution in [0.5, 0.6) is 0 Å². The van der Waals surface area contributed by atoms with Gasteiger partial charge in [0, 0.05) is 39.7 Å². The van der Waals surface area contributed by atoms with Crippen molar-refractivity contribution in [2.45, 2.75) is 5.60 Å². The molecule has 3 aromatic carbocycles. The average Bonchev–Trinajstić information content (AvgIpc) is 3.27. The number of rotatable bonds is 4. The Morgan fingerprint density at radius 1 is 0.882 bits per heavy atom. The zero-order chi connectivity index (χ0) is 24.0. The van der Waals surface area contributed by atoms with Gasteiger partial charge in [-0.3, -0.25) is 4.79 Å². The number of halogens is 3. The molecule has 1 aliphatic heterocycles. The van der Waals surface area contributed by atoms with Crippen LogP contribution < -0.4 is 5.56 Å². The maximum absolute atomic E-state index is 12.8. The maximum Gasteiger partial charge on any atom is 0.251 e. The predicted octanol–water partition coefficient (Wildman–Crippen LogP) is 6.27. The van der Waals surface area contributed by atoms with Crippen LogP contribution in [0.25, 0.3) is 22.0 Å². The molecule has 2 heterocycles. The van der Waals surface area contributed by atoms with Gasteiger partial charge in [0.1, 0.15) is 0 Å². The molecule has 0 aliphatic carbocycles. The quantitative estimate of drug-likeness (QED) is 0.280. The van der Waals surface area contributed by atoms with Gasteiger partial charge in [-0.2, -0.15) is 0 Å². The van der Waals surface area contributed by atoms with E-state index in [1.54, 1.807) is 35.9 Å². The van der Waals surface area contributed by atoms with Crippen molar-refractivity contribution in [2.24, 2.45) is 7.05 Å². The fraction of sp³-hybridized carbons (Fsp3) is 0.111. The smallest absolute Gasteiger partial charge is 0.251 e. The summed E-state index contributed by atoms with van der Waals surface area (Å²) in [7, 11) is 3.71. The SMILES string of the molecule is CN1C=IC=C1C(O)(c1ccc(Cl)cc1)c1ccc2c(c1)c(-c1cccc(Cl)c1)cc(=O)n2C. The minimum Gasteiger partial charge on any atom is -0.375 e. The lowest BCUT2D eigenvalue weighted by molar-refractivity contribution is 0.102. The molecular formula is C27H21Cl2IN2O2. The van der Waals surface area contributed by atoms with Crippen LogP contribution in [0.4, 0.5) is 0 Å². The molecule has 1 aromatic heterocycles. The van der Waals surface area contributed by atoms with Crippen molar-refractivity contribution in [1.29, 1.82) is 0 Å². The highest BCUT2D eigenvalue weighted by Gasteiger charge is 2.39. The Morgan fingerprint density at radius 2 is 1.62 bits per heavy atom. The molecule has 172 valence electrons. The van der Waals surface area contributed by atoms with Crippen LogP contribution in [0.1, 0.15) is 11.1 Å². The number of aliphatic hydroxyl groups is 1. The molecule has 0 bridgehead atoms. The number of nitrogens with zero attached hydrogens (tertiary/aromatic N) is 2. The van der Waals surface area contributed by atoms with Gasteiger partial charge >= 0.3 is 0 Å². The largest absolute Gasteiger partial charge is 0.375 e. The van der Waals surface area contributed by atoms with Gasteiger partial charge < -0.3 is 14.6 Å². The summed E-state index contributed by atoms with van der Waals surface area (Å²) in [6, 6.07) is 22.1. The first-order valence-electron chi connectivity index (χ1n) is 10.6. The van der Waals surface area contributed by atoms with Crippen molar-refractivity contribution < 1.29 is 5.11 Å². The number of hydrogen-bond donors (Lipinski definition) is 1. The molecule has 4 aromatic rings. The van der Waals surface area contributed by atoms with Crippen LogP contribution in [0, 0.1) is 0 Å². The van der Waals surface area contributed by atoms with E-state index < -0.39 is 5.60 Å². The van der Waals surface area contributed by atoms with Crippen LogP contribution in [0.3, 0.4) is 0 Å². The zero-order valence-electron chi connectivity index (χ0n) is 18.5. The number of hydrogen-bond acceptors (Lipinski definition) is 3. The summed E-state index contributed by atoms with van der Waals surface area (Å²) in [6.07, 6.45) is 0. The first kappa shape index (κ1) is 23.3. The lowest BCUT2D eigenvalue weighted by atomic mass is 9.82. The van der Waals surface area contributed by atoms with Crippen LogP contribution in [0.2, 0.25) is 10.0 Å². The van der Waals surface area contributed by atoms with Crippen molar-refractivity contribution >= 4 is 59.0 Å². The monoisotopic (exact) mass is 602 g/mol. The third kappa shape index (κ3) is 3.90. The number of aryl methyl sites for hydroxylation is 1. The number of aromatic nitrogens is 1. The van der Waals surface area contributed by atoms with Crippen molar-refractivity contribution in [1.82, 2.24) is 9.47 Å². The van der Waals surface area contributed by atoms with Gasteiger partial charge in [-0.05, 0) is 62.7 Å². The first-order chi connectivity index (χ1) is 16.3. The van der Waals surface area contributed by atoms with Crippen molar-refractivity contribution in [3.8, 4) is 11.1 Å². The molecular weight excluding hydrogens is 582 g/mol. The molecule has 5 rings (SSSR count). The van der Waals surface area contributed by atoms with Crippen LogP contribution in [-0.2, 0) is 12.6 Å². The Labute approximate surface area is 217 Å². The molecule has 1 N–H and O–H groups in total. The topological polar surface area (TPSA) is 45.5 Å². The molecule has 7 heteroatoms. The van der Waals surface area contributed by atoms with Crippen LogP contribution in [-0.4, -0.2) is 25.8 Å². The summed E-state index contributed by atoms with van der Waals surface area (Å²) >= 11 is 12.1. The molecule has 1 atom stereocenters. The summed E-state index contributed by atoms with van der Waals surface area (Å²) < 4.78 is 5.89. The molecule has 4 nitrogen and oxygen atoms in total. The summed E-state index contributed by atoms with van der Waals surface area (Å²) in [5, 5.41) is 14.4. The first-order valence-corrected chi connectivity index (χ1v) is 13.8. The molecule has 0 fully saturated rings. The Morgan fingerprint density at radius 3 is 2.29 bits per heavy atom. The number of benzene rings is 3. The van der Waals surface area contributed by atoms with Gasteiger partial charge in [0.2, 0.25) is 0 Å². The lowest BCUT2D eigenvalue weighted by Crippen LogP contribution is -2.36. The van der Waals surface area contributed by atoms with Gasteiger partial charge in [-0.25, -0.2) is 0 Å². The van der Waals surface area contributed by atoms with Gasteiger partial charge in [-0.1, -0.05) is 74.3 Å². The highest BCUT2D eigenvalue weighted by molar-refractivity contribution is 14.2. The standard InChI is InChI=1S/C27H21Cl2IN2O2/c1-31-16-30-15-25(31)27(34,18-6-9-20(28)10-7-18)19-8-11-24-23(13-19)22(14-26(33)32(24)2)17-4-3-5-21(29)12-17/h3-16,34H,1-2H3. The second kappa shape index (κ2) is 8.96. The Bertz CT molecular complexity index is 1540. The van der Waals surface area contributed by atoms with Gasteiger partial charge in [0.05, 0.1) is 11.2 Å². The second-order valence-corrected chi connectivity index (χ2v) is 11.0. The van der Waals surface area contributed by atoms with Crippen LogP contribution >= 0.6 is 43.9 Å². The highest BCUT2D eigenvalue weighted by atomic mass is 127. The average molecular weight is 603 g/mol. The molecule has 1 unspecified atom stereocenters. The van der Waals surface area contributed by atoms with E-state index in [0.29, 0.717) is 15.6 Å². The molecule has 34 heavy (non-hydrogen) atoms. The number of pyridine rings is 1. The Kier molecular flexibility index (Phi) is 6.14. The van der Waals surface area contributed by atoms with Crippen molar-refractivity contribution in [2.75, 3.05) is 7.05 Å². The molecule has 0 spiro atoms. The minimum absolute atomic E-state index is 0.110. The van der Waals surface area contributed by atoms with E-state index in [1.807, 2.05) is 60.5 Å². The Balaban J connectivity index is 1.81. The fourth-order valence-electron chi connectivity index (χ4n) is 4.37. The summed E-state index contributed by atoms with van der Waals surface area (Å²) in [4.78, 5) is 14.8. The maximum atomic E-state index is 12.8. The Hall–Kier alpha value is -2.45. The predicted molar refractivity (Wildman–Crippen MR) is 150 cm³/mol. The van der Waals surface area contributed by atoms with E-state index in [1.165, 1.54) is 0 Å². The summed E-state index contributed by atoms with van der Waals surface area (Å²) in [6.45, 7) is 0. The normalized spacial score (nSPS) is 15.2. The molecule has 0 amide bonds. The third-order valence-electron chi connectivity index (χ3n) is 6.18. The fourth-order valence-corrected chi connectivity index (χ4v) is 6.86. The van der Waals surface area contributed by atoms with Crippen molar-refractivity contribution in [3.05, 3.63) is 114 Å². The van der Waals surface area contributed by atoms with E-state index in [-0.39, 0.29) is 26.3 Å². The van der Waals surface area contributed by atoms with Gasteiger partial charge in [0.15, 0.2) is 5.60 Å². The molecule has 0 radical (unpaired) electrons. The van der Waals surface area contributed by atoms with E-state index in [2.05, 4.69) is 8.22 Å². The minimum atomic E-state index is -1.39. The number of likely N-dealkylation sites (N-methyl/N-ethyl adjacent to an activating group) is 1. The van der Waals surface area contributed by atoms with E-state index >= 15 is 0 Å². The third-order valence-corrected chi connectivity index (χ3v) is 8.78. The number of fused-ring (bicyclic) bond motifs is 1. The highest BCUT2D eigenvalue weighted by Crippen LogP contribution is 2.42. The lowest BCUT2D eigenvalue weighted by Gasteiger charge is -2.34. The second-order valence-electron chi connectivity index (χ2n) is 8.24. The van der Waals surface area contributed by atoms with E-state index in [9.17, 15) is 9.90 Å². The molecule has 1 aliphatic rings. The van der Waals surface area contributed by atoms with Gasteiger partial charge in [0.25, 0.3) is 5.56 Å². The summed E-state index contributed by atoms with van der Waals surface area (Å²) in [5.41, 5.74) is 3.15. The van der Waals surface area contributed by atoms with E-state index in [0.717, 1.165) is 33.3 Å². The summed E-state index contributed by atoms with van der Waals surface area (Å²) in [5.74, 6) is 0. The zero-order valence-corrected chi connectivity index (χ0v) is 22.1. The van der Waals surface area contributed by atoms with Gasteiger partial charge in [-0.15, -0.1) is 0 Å².